The fraction of sp³-hybridized carbons (Fsp3) is 0.886. The van der Waals surface area contributed by atoms with E-state index in [2.05, 4.69) is 26.0 Å². The summed E-state index contributed by atoms with van der Waals surface area (Å²) >= 11 is 0. The minimum atomic E-state index is -4.35. The lowest BCUT2D eigenvalue weighted by molar-refractivity contribution is -0.870. The highest BCUT2D eigenvalue weighted by Crippen LogP contribution is 2.43. The van der Waals surface area contributed by atoms with Gasteiger partial charge in [0.2, 0.25) is 0 Å². The molecule has 0 fully saturated rings. The van der Waals surface area contributed by atoms with Gasteiger partial charge < -0.3 is 18.9 Å². The molecule has 0 saturated heterocycles. The van der Waals surface area contributed by atoms with Gasteiger partial charge in [-0.1, -0.05) is 109 Å². The highest BCUT2D eigenvalue weighted by atomic mass is 31.2. The van der Waals surface area contributed by atoms with E-state index in [1.54, 1.807) is 0 Å². The number of rotatable bonds is 32. The molecule has 2 atom stereocenters. The van der Waals surface area contributed by atoms with Crippen molar-refractivity contribution in [1.29, 1.82) is 0 Å². The number of unbranched alkanes of at least 4 members (excludes halogenated alkanes) is 16. The first-order valence-corrected chi connectivity index (χ1v) is 19.4. The van der Waals surface area contributed by atoms with Crippen LogP contribution in [0.5, 0.6) is 0 Å². The molecule has 0 saturated carbocycles. The number of carbonyl (C=O) groups excluding carboxylic acids is 2. The Balaban J connectivity index is 4.40. The summed E-state index contributed by atoms with van der Waals surface area (Å²) in [6.45, 7) is 4.32. The van der Waals surface area contributed by atoms with E-state index < -0.39 is 26.5 Å². The van der Waals surface area contributed by atoms with E-state index in [9.17, 15) is 19.0 Å². The van der Waals surface area contributed by atoms with Crippen LogP contribution < -0.4 is 0 Å². The SMILES string of the molecule is CCCCCCCC/C=C\CCCCCCCC(=O)O[C@H](COC(=O)CCCCCCCC)COP(=O)(O)OCC[N+](C)(C)C. The van der Waals surface area contributed by atoms with Crippen LogP contribution in [-0.2, 0) is 32.7 Å². The normalized spacial score (nSPS) is 14.0. The zero-order chi connectivity index (χ0) is 33.7. The monoisotopic (exact) mass is 662 g/mol. The zero-order valence-electron chi connectivity index (χ0n) is 29.6. The van der Waals surface area contributed by atoms with Crippen molar-refractivity contribution in [2.24, 2.45) is 0 Å². The van der Waals surface area contributed by atoms with Crippen molar-refractivity contribution < 1.29 is 42.1 Å². The summed E-state index contributed by atoms with van der Waals surface area (Å²) in [5.74, 6) is -0.818. The predicted octanol–water partition coefficient (Wildman–Crippen LogP) is 9.07. The van der Waals surface area contributed by atoms with Crippen molar-refractivity contribution >= 4 is 19.8 Å². The molecule has 0 aromatic heterocycles. The number of esters is 2. The first-order chi connectivity index (χ1) is 21.5. The van der Waals surface area contributed by atoms with Crippen LogP contribution in [0.25, 0.3) is 0 Å². The lowest BCUT2D eigenvalue weighted by Gasteiger charge is -2.24. The molecule has 0 aliphatic heterocycles. The Morgan fingerprint density at radius 1 is 0.667 bits per heavy atom. The first-order valence-electron chi connectivity index (χ1n) is 17.9. The van der Waals surface area contributed by atoms with E-state index in [4.69, 9.17) is 18.5 Å². The van der Waals surface area contributed by atoms with Crippen LogP contribution >= 0.6 is 7.82 Å². The molecular formula is C35H69NO8P+. The molecule has 0 heterocycles. The van der Waals surface area contributed by atoms with E-state index in [1.807, 2.05) is 21.1 Å². The Kier molecular flexibility index (Phi) is 28.1. The number of allylic oxidation sites excluding steroid dienone is 2. The maximum absolute atomic E-state index is 12.5. The minimum Gasteiger partial charge on any atom is -0.462 e. The average Bonchev–Trinajstić information content (AvgIpc) is 2.97. The van der Waals surface area contributed by atoms with Gasteiger partial charge in [-0.15, -0.1) is 0 Å². The van der Waals surface area contributed by atoms with Crippen molar-refractivity contribution in [3.8, 4) is 0 Å². The third kappa shape index (κ3) is 32.5. The number of likely N-dealkylation sites (N-methyl/N-ethyl adjacent to an activating group) is 1. The Morgan fingerprint density at radius 2 is 1.13 bits per heavy atom. The number of phosphoric ester groups is 1. The van der Waals surface area contributed by atoms with Gasteiger partial charge in [0.15, 0.2) is 6.10 Å². The number of carbonyl (C=O) groups is 2. The lowest BCUT2D eigenvalue weighted by atomic mass is 10.1. The summed E-state index contributed by atoms with van der Waals surface area (Å²) < 4.78 is 33.9. The topological polar surface area (TPSA) is 108 Å². The molecule has 0 aliphatic carbocycles. The maximum Gasteiger partial charge on any atom is 0.472 e. The quantitative estimate of drug-likeness (QED) is 0.0250. The largest absolute Gasteiger partial charge is 0.472 e. The van der Waals surface area contributed by atoms with E-state index in [-0.39, 0.29) is 32.0 Å². The lowest BCUT2D eigenvalue weighted by Crippen LogP contribution is -2.37. The Hall–Kier alpha value is -1.25. The zero-order valence-corrected chi connectivity index (χ0v) is 30.5. The molecule has 266 valence electrons. The van der Waals surface area contributed by atoms with Crippen molar-refractivity contribution in [2.45, 2.75) is 155 Å². The second-order valence-electron chi connectivity index (χ2n) is 13.3. The van der Waals surface area contributed by atoms with Gasteiger partial charge in [-0.05, 0) is 38.5 Å². The van der Waals surface area contributed by atoms with Crippen LogP contribution in [0, 0.1) is 0 Å². The molecule has 10 heteroatoms. The molecule has 0 aliphatic rings. The van der Waals surface area contributed by atoms with Crippen LogP contribution in [0.15, 0.2) is 12.2 Å². The summed E-state index contributed by atoms with van der Waals surface area (Å²) in [7, 11) is 1.47. The standard InChI is InChI=1S/C35H68NO8P/c1-6-8-10-12-14-15-16-17-18-19-20-21-22-24-26-28-35(38)44-33(31-41-34(37)27-25-23-13-11-9-7-2)32-43-45(39,40)42-30-29-36(3,4)5/h17-18,33H,6-16,19-32H2,1-5H3/p+1/b18-17-/t33-/m1/s1. The van der Waals surface area contributed by atoms with Gasteiger partial charge in [0.1, 0.15) is 19.8 Å². The summed E-state index contributed by atoms with van der Waals surface area (Å²) in [5.41, 5.74) is 0. The van der Waals surface area contributed by atoms with Crippen LogP contribution in [0.1, 0.15) is 149 Å². The van der Waals surface area contributed by atoms with E-state index in [1.165, 1.54) is 57.8 Å². The average molecular weight is 663 g/mol. The Bertz CT molecular complexity index is 799. The number of hydrogen-bond donors (Lipinski definition) is 1. The molecule has 0 rings (SSSR count). The van der Waals surface area contributed by atoms with Gasteiger partial charge in [0.05, 0.1) is 27.7 Å². The predicted molar refractivity (Wildman–Crippen MR) is 183 cm³/mol. The van der Waals surface area contributed by atoms with Crippen molar-refractivity contribution in [3.05, 3.63) is 12.2 Å². The van der Waals surface area contributed by atoms with E-state index >= 15 is 0 Å². The fourth-order valence-corrected chi connectivity index (χ4v) is 5.39. The van der Waals surface area contributed by atoms with Crippen LogP contribution in [0.2, 0.25) is 0 Å². The number of phosphoric acid groups is 1. The van der Waals surface area contributed by atoms with Gasteiger partial charge in [0, 0.05) is 12.8 Å². The Labute approximate surface area is 276 Å². The van der Waals surface area contributed by atoms with Crippen LogP contribution in [0.3, 0.4) is 0 Å². The molecule has 45 heavy (non-hydrogen) atoms. The highest BCUT2D eigenvalue weighted by Gasteiger charge is 2.27. The molecule has 0 amide bonds. The van der Waals surface area contributed by atoms with Gasteiger partial charge >= 0.3 is 19.8 Å². The number of hydrogen-bond acceptors (Lipinski definition) is 7. The first kappa shape index (κ1) is 43.8. The van der Waals surface area contributed by atoms with Crippen molar-refractivity contribution in [3.63, 3.8) is 0 Å². The fourth-order valence-electron chi connectivity index (χ4n) is 4.65. The summed E-state index contributed by atoms with van der Waals surface area (Å²) in [4.78, 5) is 34.9. The molecule has 0 aromatic rings. The molecule has 0 aromatic carbocycles. The highest BCUT2D eigenvalue weighted by molar-refractivity contribution is 7.47. The van der Waals surface area contributed by atoms with Crippen molar-refractivity contribution in [1.82, 2.24) is 0 Å². The molecule has 0 bridgehead atoms. The molecule has 0 spiro atoms. The molecule has 1 N–H and O–H groups in total. The third-order valence-corrected chi connectivity index (χ3v) is 8.53. The van der Waals surface area contributed by atoms with Crippen LogP contribution in [-0.4, -0.2) is 74.9 Å². The molecule has 9 nitrogen and oxygen atoms in total. The van der Waals surface area contributed by atoms with Crippen molar-refractivity contribution in [2.75, 3.05) is 47.5 Å². The van der Waals surface area contributed by atoms with E-state index in [0.717, 1.165) is 57.8 Å². The maximum atomic E-state index is 12.5. The number of ether oxygens (including phenoxy) is 2. The molecule has 1 unspecified atom stereocenters. The second-order valence-corrected chi connectivity index (χ2v) is 14.7. The molecule has 0 radical (unpaired) electrons. The number of nitrogens with zero attached hydrogens (tertiary/aromatic N) is 1. The summed E-state index contributed by atoms with van der Waals surface area (Å²) in [5, 5.41) is 0. The smallest absolute Gasteiger partial charge is 0.462 e. The summed E-state index contributed by atoms with van der Waals surface area (Å²) in [6, 6.07) is 0. The third-order valence-electron chi connectivity index (χ3n) is 7.55. The van der Waals surface area contributed by atoms with Gasteiger partial charge in [-0.2, -0.15) is 0 Å². The molecular weight excluding hydrogens is 593 g/mol. The van der Waals surface area contributed by atoms with Gasteiger partial charge in [-0.25, -0.2) is 4.57 Å². The summed E-state index contributed by atoms with van der Waals surface area (Å²) in [6.07, 6.45) is 25.7. The van der Waals surface area contributed by atoms with Gasteiger partial charge in [0.25, 0.3) is 0 Å². The van der Waals surface area contributed by atoms with Crippen LogP contribution in [0.4, 0.5) is 0 Å². The van der Waals surface area contributed by atoms with E-state index in [0.29, 0.717) is 17.4 Å². The Morgan fingerprint density at radius 3 is 1.64 bits per heavy atom. The van der Waals surface area contributed by atoms with Gasteiger partial charge in [-0.3, -0.25) is 18.6 Å². The number of quaternary nitrogens is 1. The second kappa shape index (κ2) is 28.9. The minimum absolute atomic E-state index is 0.0322.